The molecular formula is C18H25NO2. The van der Waals surface area contributed by atoms with Gasteiger partial charge in [0.2, 0.25) is 0 Å². The predicted octanol–water partition coefficient (Wildman–Crippen LogP) is 2.01. The Labute approximate surface area is 127 Å². The fraction of sp³-hybridized carbons (Fsp3) is 0.556. The van der Waals surface area contributed by atoms with Crippen LogP contribution in [0.5, 0.6) is 0 Å². The van der Waals surface area contributed by atoms with Crippen molar-refractivity contribution in [3.63, 3.8) is 0 Å². The lowest BCUT2D eigenvalue weighted by molar-refractivity contribution is 0.0695. The van der Waals surface area contributed by atoms with Gasteiger partial charge in [0, 0.05) is 18.5 Å². The molecule has 1 saturated heterocycles. The van der Waals surface area contributed by atoms with E-state index in [4.69, 9.17) is 5.11 Å². The summed E-state index contributed by atoms with van der Waals surface area (Å²) in [6, 6.07) is 8.35. The SMILES string of the molecule is CC(O)C1CCN(Cc2ccc(C#CCCO)cc2)CC1. The fourth-order valence-electron chi connectivity index (χ4n) is 2.77. The molecule has 114 valence electrons. The molecule has 0 amide bonds. The molecule has 2 N–H and O–H groups in total. The van der Waals surface area contributed by atoms with Crippen LogP contribution in [0.15, 0.2) is 24.3 Å². The number of likely N-dealkylation sites (tertiary alicyclic amines) is 1. The molecule has 3 nitrogen and oxygen atoms in total. The molecule has 0 spiro atoms. The molecule has 1 aromatic rings. The van der Waals surface area contributed by atoms with Gasteiger partial charge in [-0.2, -0.15) is 0 Å². The maximum Gasteiger partial charge on any atom is 0.0541 e. The highest BCUT2D eigenvalue weighted by Crippen LogP contribution is 2.21. The summed E-state index contributed by atoms with van der Waals surface area (Å²) in [5, 5.41) is 18.3. The van der Waals surface area contributed by atoms with Gasteiger partial charge >= 0.3 is 0 Å². The first-order valence-electron chi connectivity index (χ1n) is 7.78. The summed E-state index contributed by atoms with van der Waals surface area (Å²) in [6.07, 6.45) is 2.52. The summed E-state index contributed by atoms with van der Waals surface area (Å²) in [4.78, 5) is 2.45. The lowest BCUT2D eigenvalue weighted by atomic mass is 9.92. The van der Waals surface area contributed by atoms with Crippen LogP contribution in [-0.4, -0.2) is 40.9 Å². The van der Waals surface area contributed by atoms with Crippen LogP contribution in [0.2, 0.25) is 0 Å². The third-order valence-electron chi connectivity index (χ3n) is 4.14. The maximum absolute atomic E-state index is 9.63. The Hall–Kier alpha value is -1.34. The van der Waals surface area contributed by atoms with E-state index >= 15 is 0 Å². The molecule has 1 atom stereocenters. The number of benzene rings is 1. The average molecular weight is 287 g/mol. The first-order valence-corrected chi connectivity index (χ1v) is 7.78. The van der Waals surface area contributed by atoms with E-state index in [-0.39, 0.29) is 12.7 Å². The second kappa shape index (κ2) is 8.19. The van der Waals surface area contributed by atoms with Gasteiger partial charge in [-0.05, 0) is 56.5 Å². The van der Waals surface area contributed by atoms with Crippen molar-refractivity contribution >= 4 is 0 Å². The summed E-state index contributed by atoms with van der Waals surface area (Å²) >= 11 is 0. The van der Waals surface area contributed by atoms with Crippen LogP contribution >= 0.6 is 0 Å². The van der Waals surface area contributed by atoms with Gasteiger partial charge in [-0.1, -0.05) is 24.0 Å². The van der Waals surface area contributed by atoms with E-state index in [9.17, 15) is 5.11 Å². The van der Waals surface area contributed by atoms with Crippen molar-refractivity contribution in [1.29, 1.82) is 0 Å². The Morgan fingerprint density at radius 2 is 1.90 bits per heavy atom. The van der Waals surface area contributed by atoms with E-state index in [0.29, 0.717) is 12.3 Å². The highest BCUT2D eigenvalue weighted by molar-refractivity contribution is 5.36. The van der Waals surface area contributed by atoms with Crippen LogP contribution in [0.25, 0.3) is 0 Å². The van der Waals surface area contributed by atoms with Crippen LogP contribution in [0, 0.1) is 17.8 Å². The van der Waals surface area contributed by atoms with Crippen molar-refractivity contribution in [3.8, 4) is 11.8 Å². The van der Waals surface area contributed by atoms with Crippen LogP contribution in [0.1, 0.15) is 37.3 Å². The van der Waals surface area contributed by atoms with E-state index in [0.717, 1.165) is 38.0 Å². The zero-order valence-electron chi connectivity index (χ0n) is 12.8. The zero-order valence-corrected chi connectivity index (χ0v) is 12.8. The number of hydrogen-bond acceptors (Lipinski definition) is 3. The van der Waals surface area contributed by atoms with Crippen molar-refractivity contribution in [3.05, 3.63) is 35.4 Å². The molecule has 0 saturated carbocycles. The minimum Gasteiger partial charge on any atom is -0.395 e. The van der Waals surface area contributed by atoms with E-state index < -0.39 is 0 Å². The molecule has 2 rings (SSSR count). The molecule has 1 aliphatic rings. The lowest BCUT2D eigenvalue weighted by Crippen LogP contribution is -2.36. The average Bonchev–Trinajstić information content (AvgIpc) is 2.50. The molecule has 0 radical (unpaired) electrons. The Balaban J connectivity index is 1.83. The second-order valence-corrected chi connectivity index (χ2v) is 5.83. The third kappa shape index (κ3) is 5.17. The topological polar surface area (TPSA) is 43.7 Å². The molecular weight excluding hydrogens is 262 g/mol. The molecule has 21 heavy (non-hydrogen) atoms. The first-order chi connectivity index (χ1) is 10.2. The van der Waals surface area contributed by atoms with Gasteiger partial charge < -0.3 is 10.2 Å². The smallest absolute Gasteiger partial charge is 0.0541 e. The Bertz CT molecular complexity index is 476. The maximum atomic E-state index is 9.63. The van der Waals surface area contributed by atoms with Gasteiger partial charge in [0.25, 0.3) is 0 Å². The molecule has 0 aliphatic carbocycles. The predicted molar refractivity (Wildman–Crippen MR) is 84.7 cm³/mol. The first kappa shape index (κ1) is 16.0. The van der Waals surface area contributed by atoms with Crippen LogP contribution in [0.4, 0.5) is 0 Å². The summed E-state index contributed by atoms with van der Waals surface area (Å²) in [5.74, 6) is 6.44. The van der Waals surface area contributed by atoms with Gasteiger partial charge in [0.15, 0.2) is 0 Å². The fourth-order valence-corrected chi connectivity index (χ4v) is 2.77. The van der Waals surface area contributed by atoms with Crippen molar-refractivity contribution in [2.24, 2.45) is 5.92 Å². The van der Waals surface area contributed by atoms with E-state index in [1.54, 1.807) is 0 Å². The molecule has 0 bridgehead atoms. The number of nitrogens with zero attached hydrogens (tertiary/aromatic N) is 1. The van der Waals surface area contributed by atoms with Crippen molar-refractivity contribution in [2.75, 3.05) is 19.7 Å². The standard InChI is InChI=1S/C18H25NO2/c1-15(21)18-9-11-19(12-10-18)14-17-7-5-16(6-8-17)4-2-3-13-20/h5-8,15,18,20-21H,3,9-14H2,1H3. The van der Waals surface area contributed by atoms with E-state index in [1.807, 2.05) is 19.1 Å². The number of aliphatic hydroxyl groups excluding tert-OH is 2. The number of piperidine rings is 1. The largest absolute Gasteiger partial charge is 0.395 e. The molecule has 0 aromatic heterocycles. The molecule has 1 unspecified atom stereocenters. The number of rotatable bonds is 4. The van der Waals surface area contributed by atoms with Crippen LogP contribution < -0.4 is 0 Å². The minimum atomic E-state index is -0.177. The minimum absolute atomic E-state index is 0.119. The quantitative estimate of drug-likeness (QED) is 0.833. The van der Waals surface area contributed by atoms with Gasteiger partial charge in [0.05, 0.1) is 12.7 Å². The monoisotopic (exact) mass is 287 g/mol. The van der Waals surface area contributed by atoms with Gasteiger partial charge in [0.1, 0.15) is 0 Å². The molecule has 3 heteroatoms. The molecule has 1 fully saturated rings. The van der Waals surface area contributed by atoms with Gasteiger partial charge in [-0.25, -0.2) is 0 Å². The Morgan fingerprint density at radius 3 is 2.48 bits per heavy atom. The third-order valence-corrected chi connectivity index (χ3v) is 4.14. The van der Waals surface area contributed by atoms with Gasteiger partial charge in [-0.3, -0.25) is 4.90 Å². The zero-order chi connectivity index (χ0) is 15.1. The van der Waals surface area contributed by atoms with Crippen molar-refractivity contribution in [2.45, 2.75) is 38.8 Å². The van der Waals surface area contributed by atoms with E-state index in [1.165, 1.54) is 5.56 Å². The normalized spacial score (nSPS) is 18.0. The molecule has 1 aromatic carbocycles. The second-order valence-electron chi connectivity index (χ2n) is 5.83. The summed E-state index contributed by atoms with van der Waals surface area (Å²) in [5.41, 5.74) is 2.30. The summed E-state index contributed by atoms with van der Waals surface area (Å²) < 4.78 is 0. The lowest BCUT2D eigenvalue weighted by Gasteiger charge is -2.33. The Kier molecular flexibility index (Phi) is 6.25. The summed E-state index contributed by atoms with van der Waals surface area (Å²) in [6.45, 7) is 5.11. The van der Waals surface area contributed by atoms with Crippen molar-refractivity contribution < 1.29 is 10.2 Å². The van der Waals surface area contributed by atoms with E-state index in [2.05, 4.69) is 28.9 Å². The van der Waals surface area contributed by atoms with Crippen molar-refractivity contribution in [1.82, 2.24) is 4.90 Å². The number of aliphatic hydroxyl groups is 2. The highest BCUT2D eigenvalue weighted by atomic mass is 16.3. The Morgan fingerprint density at radius 1 is 1.24 bits per heavy atom. The summed E-state index contributed by atoms with van der Waals surface area (Å²) in [7, 11) is 0. The highest BCUT2D eigenvalue weighted by Gasteiger charge is 2.22. The van der Waals surface area contributed by atoms with Crippen LogP contribution in [0.3, 0.4) is 0 Å². The molecule has 1 aliphatic heterocycles. The van der Waals surface area contributed by atoms with Gasteiger partial charge in [-0.15, -0.1) is 0 Å². The van der Waals surface area contributed by atoms with Crippen LogP contribution in [-0.2, 0) is 6.54 Å². The number of hydrogen-bond donors (Lipinski definition) is 2. The molecule has 1 heterocycles.